The van der Waals surface area contributed by atoms with E-state index in [1.54, 1.807) is 24.0 Å². The Balaban J connectivity index is 1.46. The van der Waals surface area contributed by atoms with E-state index in [1.807, 2.05) is 4.90 Å². The van der Waals surface area contributed by atoms with Crippen LogP contribution in [0, 0.1) is 17.2 Å². The van der Waals surface area contributed by atoms with E-state index in [-0.39, 0.29) is 17.3 Å². The van der Waals surface area contributed by atoms with Crippen molar-refractivity contribution in [3.05, 3.63) is 36.2 Å². The molecule has 1 saturated carbocycles. The molecule has 0 bridgehead atoms. The number of rotatable bonds is 4. The van der Waals surface area contributed by atoms with Crippen molar-refractivity contribution < 1.29 is 13.9 Å². The average Bonchev–Trinajstić information content (AvgIpc) is 3.27. The Morgan fingerprint density at radius 3 is 2.96 bits per heavy atom. The number of ether oxygens (including phenoxy) is 1. The van der Waals surface area contributed by atoms with Gasteiger partial charge >= 0.3 is 6.01 Å². The van der Waals surface area contributed by atoms with Gasteiger partial charge in [0, 0.05) is 31.7 Å². The maximum atomic E-state index is 12.9. The number of carbonyl (C=O) groups is 1. The summed E-state index contributed by atoms with van der Waals surface area (Å²) in [5.41, 5.74) is 0.391. The molecule has 2 fully saturated rings. The highest BCUT2D eigenvalue weighted by atomic mass is 19.1. The third-order valence-corrected chi connectivity index (χ3v) is 5.35. The monoisotopic (exact) mass is 345 g/mol. The largest absolute Gasteiger partial charge is 0.463 e. The van der Waals surface area contributed by atoms with E-state index < -0.39 is 5.82 Å². The van der Waals surface area contributed by atoms with Crippen molar-refractivity contribution in [2.24, 2.45) is 18.4 Å². The van der Waals surface area contributed by atoms with Crippen LogP contribution in [-0.2, 0) is 7.05 Å². The van der Waals surface area contributed by atoms with Gasteiger partial charge < -0.3 is 9.64 Å². The topological polar surface area (TPSA) is 73.1 Å². The highest BCUT2D eigenvalue weighted by Crippen LogP contribution is 2.49. The summed E-state index contributed by atoms with van der Waals surface area (Å²) < 4.78 is 20.3. The predicted molar refractivity (Wildman–Crippen MR) is 86.4 cm³/mol. The Morgan fingerprint density at radius 2 is 2.24 bits per heavy atom. The molecule has 0 N–H and O–H groups in total. The van der Waals surface area contributed by atoms with Gasteiger partial charge in [0.2, 0.25) is 0 Å². The lowest BCUT2D eigenvalue weighted by molar-refractivity contribution is 0.0736. The molecule has 4 rings (SSSR count). The minimum Gasteiger partial charge on any atom is -0.463 e. The van der Waals surface area contributed by atoms with E-state index in [9.17, 15) is 9.18 Å². The summed E-state index contributed by atoms with van der Waals surface area (Å²) in [6.07, 6.45) is 7.18. The first kappa shape index (κ1) is 16.0. The fraction of sp³-hybridized carbons (Fsp3) is 0.529. The van der Waals surface area contributed by atoms with Crippen LogP contribution >= 0.6 is 0 Å². The van der Waals surface area contributed by atoms with Crippen molar-refractivity contribution in [1.29, 1.82) is 0 Å². The SMILES string of the molecule is Cn1ccc(C(=O)N2CC3CCCC3(COc3ncc(F)cn3)C2)n1. The van der Waals surface area contributed by atoms with Crippen LogP contribution < -0.4 is 4.74 Å². The molecule has 0 aromatic carbocycles. The Bertz CT molecular complexity index is 778. The van der Waals surface area contributed by atoms with Gasteiger partial charge in [-0.05, 0) is 24.8 Å². The van der Waals surface area contributed by atoms with Crippen LogP contribution in [0.3, 0.4) is 0 Å². The van der Waals surface area contributed by atoms with E-state index >= 15 is 0 Å². The quantitative estimate of drug-likeness (QED) is 0.843. The average molecular weight is 345 g/mol. The van der Waals surface area contributed by atoms with Gasteiger partial charge in [0.25, 0.3) is 5.91 Å². The number of likely N-dealkylation sites (tertiary alicyclic amines) is 1. The first-order valence-electron chi connectivity index (χ1n) is 8.45. The fourth-order valence-electron chi connectivity index (χ4n) is 4.08. The number of aromatic nitrogens is 4. The van der Waals surface area contributed by atoms with Gasteiger partial charge in [-0.25, -0.2) is 14.4 Å². The minimum atomic E-state index is -0.489. The van der Waals surface area contributed by atoms with Crippen molar-refractivity contribution in [1.82, 2.24) is 24.6 Å². The third kappa shape index (κ3) is 2.96. The van der Waals surface area contributed by atoms with Crippen LogP contribution in [0.15, 0.2) is 24.7 Å². The van der Waals surface area contributed by atoms with E-state index in [4.69, 9.17) is 4.74 Å². The second-order valence-electron chi connectivity index (χ2n) is 6.98. The van der Waals surface area contributed by atoms with Gasteiger partial charge in [-0.3, -0.25) is 9.48 Å². The Labute approximate surface area is 144 Å². The van der Waals surface area contributed by atoms with E-state index in [0.717, 1.165) is 38.2 Å². The second-order valence-corrected chi connectivity index (χ2v) is 6.98. The van der Waals surface area contributed by atoms with Gasteiger partial charge in [-0.2, -0.15) is 5.10 Å². The van der Waals surface area contributed by atoms with Crippen molar-refractivity contribution in [2.45, 2.75) is 19.3 Å². The number of amides is 1. The third-order valence-electron chi connectivity index (χ3n) is 5.35. The van der Waals surface area contributed by atoms with Crippen molar-refractivity contribution >= 4 is 5.91 Å². The molecule has 2 aliphatic rings. The van der Waals surface area contributed by atoms with Crippen molar-refractivity contribution in [3.8, 4) is 6.01 Å². The standard InChI is InChI=1S/C17H20FN5O2/c1-22-6-4-14(21-22)15(24)23-9-12-3-2-5-17(12,10-23)11-25-16-19-7-13(18)8-20-16/h4,6-8,12H,2-3,5,9-11H2,1H3. The molecule has 2 atom stereocenters. The lowest BCUT2D eigenvalue weighted by Gasteiger charge is -2.28. The Kier molecular flexibility index (Phi) is 3.89. The lowest BCUT2D eigenvalue weighted by Crippen LogP contribution is -2.36. The summed E-state index contributed by atoms with van der Waals surface area (Å²) in [6, 6.07) is 1.92. The maximum absolute atomic E-state index is 12.9. The van der Waals surface area contributed by atoms with Crippen LogP contribution in [0.2, 0.25) is 0 Å². The van der Waals surface area contributed by atoms with Gasteiger partial charge in [0.15, 0.2) is 5.82 Å². The number of aryl methyl sites for hydroxylation is 1. The first-order chi connectivity index (χ1) is 12.1. The van der Waals surface area contributed by atoms with Crippen molar-refractivity contribution in [2.75, 3.05) is 19.7 Å². The normalized spacial score (nSPS) is 25.2. The highest BCUT2D eigenvalue weighted by Gasteiger charge is 2.51. The summed E-state index contributed by atoms with van der Waals surface area (Å²) in [5, 5.41) is 4.21. The summed E-state index contributed by atoms with van der Waals surface area (Å²) in [7, 11) is 1.80. The number of nitrogens with zero attached hydrogens (tertiary/aromatic N) is 5. The molecule has 1 aliphatic carbocycles. The predicted octanol–water partition coefficient (Wildman–Crippen LogP) is 1.67. The second kappa shape index (κ2) is 6.09. The summed E-state index contributed by atoms with van der Waals surface area (Å²) in [5.74, 6) is -0.120. The van der Waals surface area contributed by atoms with Crippen LogP contribution in [0.4, 0.5) is 4.39 Å². The smallest absolute Gasteiger partial charge is 0.316 e. The van der Waals surface area contributed by atoms with E-state index in [0.29, 0.717) is 24.8 Å². The molecule has 1 amide bonds. The van der Waals surface area contributed by atoms with Gasteiger partial charge in [-0.15, -0.1) is 0 Å². The minimum absolute atomic E-state index is 0.0348. The highest BCUT2D eigenvalue weighted by molar-refractivity contribution is 5.92. The molecule has 25 heavy (non-hydrogen) atoms. The molecule has 1 aliphatic heterocycles. The first-order valence-corrected chi connectivity index (χ1v) is 8.45. The zero-order chi connectivity index (χ0) is 17.4. The van der Waals surface area contributed by atoms with E-state index in [1.165, 1.54) is 0 Å². The van der Waals surface area contributed by atoms with Crippen LogP contribution in [-0.4, -0.2) is 50.3 Å². The molecule has 3 heterocycles. The molecule has 7 nitrogen and oxygen atoms in total. The number of hydrogen-bond acceptors (Lipinski definition) is 5. The fourth-order valence-corrected chi connectivity index (χ4v) is 4.08. The number of carbonyl (C=O) groups excluding carboxylic acids is 1. The molecular formula is C17H20FN5O2. The van der Waals surface area contributed by atoms with Crippen LogP contribution in [0.1, 0.15) is 29.8 Å². The maximum Gasteiger partial charge on any atom is 0.316 e. The Hall–Kier alpha value is -2.51. The zero-order valence-electron chi connectivity index (χ0n) is 14.1. The molecule has 8 heteroatoms. The lowest BCUT2D eigenvalue weighted by atomic mass is 9.82. The zero-order valence-corrected chi connectivity index (χ0v) is 14.1. The van der Waals surface area contributed by atoms with Crippen LogP contribution in [0.5, 0.6) is 6.01 Å². The van der Waals surface area contributed by atoms with Gasteiger partial charge in [0.05, 0.1) is 19.0 Å². The molecular weight excluding hydrogens is 325 g/mol. The van der Waals surface area contributed by atoms with Gasteiger partial charge in [0.1, 0.15) is 5.69 Å². The summed E-state index contributed by atoms with van der Waals surface area (Å²) in [6.45, 7) is 1.81. The summed E-state index contributed by atoms with van der Waals surface area (Å²) in [4.78, 5) is 22.3. The molecule has 2 aromatic heterocycles. The number of halogens is 1. The number of fused-ring (bicyclic) bond motifs is 1. The molecule has 0 radical (unpaired) electrons. The van der Waals surface area contributed by atoms with Crippen molar-refractivity contribution in [3.63, 3.8) is 0 Å². The number of hydrogen-bond donors (Lipinski definition) is 0. The molecule has 0 spiro atoms. The van der Waals surface area contributed by atoms with Gasteiger partial charge in [-0.1, -0.05) is 6.42 Å². The Morgan fingerprint density at radius 1 is 1.44 bits per heavy atom. The molecule has 2 aromatic rings. The van der Waals surface area contributed by atoms with E-state index in [2.05, 4.69) is 15.1 Å². The molecule has 132 valence electrons. The summed E-state index contributed by atoms with van der Waals surface area (Å²) >= 11 is 0. The molecule has 1 saturated heterocycles. The van der Waals surface area contributed by atoms with Crippen LogP contribution in [0.25, 0.3) is 0 Å². The molecule has 2 unspecified atom stereocenters.